The van der Waals surface area contributed by atoms with Crippen molar-refractivity contribution < 1.29 is 0 Å². The van der Waals surface area contributed by atoms with Crippen LogP contribution in [0.5, 0.6) is 0 Å². The molecule has 0 amide bonds. The Kier molecular flexibility index (Phi) is 4.81. The molecule has 0 radical (unpaired) electrons. The third kappa shape index (κ3) is 3.58. The van der Waals surface area contributed by atoms with Crippen molar-refractivity contribution in [1.82, 2.24) is 0 Å². The van der Waals surface area contributed by atoms with Crippen LogP contribution < -0.4 is 5.73 Å². The maximum Gasteiger partial charge on any atom is 0.0449 e. The predicted octanol–water partition coefficient (Wildman–Crippen LogP) is 4.74. The summed E-state index contributed by atoms with van der Waals surface area (Å²) in [6, 6.07) is 16.2. The molecule has 2 aromatic carbocycles. The summed E-state index contributed by atoms with van der Waals surface area (Å²) in [5.74, 6) is 0. The largest absolute Gasteiger partial charge is 0.324 e. The van der Waals surface area contributed by atoms with E-state index in [4.69, 9.17) is 17.3 Å². The van der Waals surface area contributed by atoms with Crippen molar-refractivity contribution in [2.75, 3.05) is 0 Å². The molecule has 0 bridgehead atoms. The fourth-order valence-electron chi connectivity index (χ4n) is 1.90. The minimum Gasteiger partial charge on any atom is -0.324 e. The summed E-state index contributed by atoms with van der Waals surface area (Å²) < 4.78 is 1.00. The third-order valence-corrected chi connectivity index (χ3v) is 3.81. The Balaban J connectivity index is 1.99. The van der Waals surface area contributed by atoms with E-state index in [1.54, 1.807) is 0 Å². The van der Waals surface area contributed by atoms with Gasteiger partial charge in [-0.05, 0) is 36.1 Å². The molecule has 94 valence electrons. The van der Waals surface area contributed by atoms with Gasteiger partial charge in [0.1, 0.15) is 0 Å². The SMILES string of the molecule is NC(CCc1ccc(Br)cc1Cl)c1ccccc1. The van der Waals surface area contributed by atoms with Gasteiger partial charge in [-0.3, -0.25) is 0 Å². The maximum atomic E-state index is 6.19. The van der Waals surface area contributed by atoms with E-state index in [-0.39, 0.29) is 6.04 Å². The van der Waals surface area contributed by atoms with Crippen molar-refractivity contribution >= 4 is 27.5 Å². The highest BCUT2D eigenvalue weighted by Crippen LogP contribution is 2.24. The molecule has 2 N–H and O–H groups in total. The summed E-state index contributed by atoms with van der Waals surface area (Å²) in [4.78, 5) is 0. The molecule has 0 saturated heterocycles. The zero-order valence-electron chi connectivity index (χ0n) is 9.94. The molecule has 0 aliphatic heterocycles. The summed E-state index contributed by atoms with van der Waals surface area (Å²) in [5.41, 5.74) is 8.49. The van der Waals surface area contributed by atoms with Crippen molar-refractivity contribution in [2.24, 2.45) is 5.73 Å². The molecule has 1 unspecified atom stereocenters. The summed E-state index contributed by atoms with van der Waals surface area (Å²) >= 11 is 9.59. The standard InChI is InChI=1S/C15H15BrClN/c16-13-8-6-11(14(17)10-13)7-9-15(18)12-4-2-1-3-5-12/h1-6,8,10,15H,7,9,18H2. The molecule has 18 heavy (non-hydrogen) atoms. The van der Waals surface area contributed by atoms with Crippen LogP contribution in [-0.4, -0.2) is 0 Å². The first-order chi connectivity index (χ1) is 8.66. The lowest BCUT2D eigenvalue weighted by atomic mass is 10.00. The van der Waals surface area contributed by atoms with Gasteiger partial charge in [-0.1, -0.05) is 63.9 Å². The molecule has 0 fully saturated rings. The average Bonchev–Trinajstić information content (AvgIpc) is 2.38. The van der Waals surface area contributed by atoms with Gasteiger partial charge in [-0.15, -0.1) is 0 Å². The molecular formula is C15H15BrClN. The van der Waals surface area contributed by atoms with E-state index in [1.807, 2.05) is 36.4 Å². The first-order valence-corrected chi connectivity index (χ1v) is 7.08. The Labute approximate surface area is 121 Å². The molecular weight excluding hydrogens is 310 g/mol. The number of benzene rings is 2. The Morgan fingerprint density at radius 3 is 2.50 bits per heavy atom. The average molecular weight is 325 g/mol. The second-order valence-electron chi connectivity index (χ2n) is 4.29. The number of nitrogens with two attached hydrogens (primary N) is 1. The van der Waals surface area contributed by atoms with Crippen molar-refractivity contribution in [3.8, 4) is 0 Å². The lowest BCUT2D eigenvalue weighted by Gasteiger charge is -2.12. The third-order valence-electron chi connectivity index (χ3n) is 2.97. The van der Waals surface area contributed by atoms with E-state index in [2.05, 4.69) is 28.1 Å². The van der Waals surface area contributed by atoms with Crippen LogP contribution in [0, 0.1) is 0 Å². The van der Waals surface area contributed by atoms with Crippen LogP contribution in [0.3, 0.4) is 0 Å². The molecule has 0 aliphatic carbocycles. The fourth-order valence-corrected chi connectivity index (χ4v) is 2.67. The van der Waals surface area contributed by atoms with Crippen LogP contribution in [0.25, 0.3) is 0 Å². The number of rotatable bonds is 4. The Hall–Kier alpha value is -0.830. The van der Waals surface area contributed by atoms with E-state index < -0.39 is 0 Å². The van der Waals surface area contributed by atoms with E-state index in [1.165, 1.54) is 5.56 Å². The van der Waals surface area contributed by atoms with Crippen LogP contribution in [0.2, 0.25) is 5.02 Å². The van der Waals surface area contributed by atoms with Gasteiger partial charge in [0.25, 0.3) is 0 Å². The van der Waals surface area contributed by atoms with E-state index in [9.17, 15) is 0 Å². The Morgan fingerprint density at radius 1 is 1.11 bits per heavy atom. The van der Waals surface area contributed by atoms with E-state index in [0.717, 1.165) is 27.9 Å². The lowest BCUT2D eigenvalue weighted by molar-refractivity contribution is 0.651. The minimum atomic E-state index is 0.0610. The second kappa shape index (κ2) is 6.37. The fraction of sp³-hybridized carbons (Fsp3) is 0.200. The van der Waals surface area contributed by atoms with Crippen LogP contribution in [0.4, 0.5) is 0 Å². The highest BCUT2D eigenvalue weighted by atomic mass is 79.9. The molecule has 0 aromatic heterocycles. The Bertz CT molecular complexity index is 513. The van der Waals surface area contributed by atoms with Gasteiger partial charge in [-0.2, -0.15) is 0 Å². The molecule has 0 spiro atoms. The van der Waals surface area contributed by atoms with Gasteiger partial charge in [0, 0.05) is 15.5 Å². The van der Waals surface area contributed by atoms with Gasteiger partial charge in [0.15, 0.2) is 0 Å². The van der Waals surface area contributed by atoms with Crippen molar-refractivity contribution in [2.45, 2.75) is 18.9 Å². The number of halogens is 2. The smallest absolute Gasteiger partial charge is 0.0449 e. The number of hydrogen-bond acceptors (Lipinski definition) is 1. The first-order valence-electron chi connectivity index (χ1n) is 5.91. The van der Waals surface area contributed by atoms with Crippen molar-refractivity contribution in [3.63, 3.8) is 0 Å². The van der Waals surface area contributed by atoms with Gasteiger partial charge in [-0.25, -0.2) is 0 Å². The molecule has 0 aliphatic rings. The molecule has 0 saturated carbocycles. The summed E-state index contributed by atoms with van der Waals surface area (Å²) in [7, 11) is 0. The highest BCUT2D eigenvalue weighted by Gasteiger charge is 2.07. The zero-order chi connectivity index (χ0) is 13.0. The van der Waals surface area contributed by atoms with Crippen LogP contribution >= 0.6 is 27.5 Å². The van der Waals surface area contributed by atoms with Gasteiger partial charge in [0.05, 0.1) is 0 Å². The topological polar surface area (TPSA) is 26.0 Å². The molecule has 1 atom stereocenters. The molecule has 2 rings (SSSR count). The maximum absolute atomic E-state index is 6.19. The summed E-state index contributed by atoms with van der Waals surface area (Å²) in [5, 5.41) is 0.796. The van der Waals surface area contributed by atoms with Crippen molar-refractivity contribution in [3.05, 3.63) is 69.2 Å². The predicted molar refractivity (Wildman–Crippen MR) is 80.8 cm³/mol. The second-order valence-corrected chi connectivity index (χ2v) is 5.61. The molecule has 3 heteroatoms. The lowest BCUT2D eigenvalue weighted by Crippen LogP contribution is -2.11. The van der Waals surface area contributed by atoms with Crippen LogP contribution in [0.15, 0.2) is 53.0 Å². The summed E-state index contributed by atoms with van der Waals surface area (Å²) in [6.07, 6.45) is 1.79. The highest BCUT2D eigenvalue weighted by molar-refractivity contribution is 9.10. The molecule has 2 aromatic rings. The Morgan fingerprint density at radius 2 is 1.83 bits per heavy atom. The quantitative estimate of drug-likeness (QED) is 0.864. The monoisotopic (exact) mass is 323 g/mol. The van der Waals surface area contributed by atoms with Crippen molar-refractivity contribution in [1.29, 1.82) is 0 Å². The molecule has 0 heterocycles. The van der Waals surface area contributed by atoms with Crippen LogP contribution in [-0.2, 0) is 6.42 Å². The first kappa shape index (κ1) is 13.6. The van der Waals surface area contributed by atoms with Gasteiger partial charge < -0.3 is 5.73 Å². The van der Waals surface area contributed by atoms with Crippen LogP contribution in [0.1, 0.15) is 23.6 Å². The molecule has 1 nitrogen and oxygen atoms in total. The zero-order valence-corrected chi connectivity index (χ0v) is 12.3. The van der Waals surface area contributed by atoms with E-state index >= 15 is 0 Å². The number of hydrogen-bond donors (Lipinski definition) is 1. The number of aryl methyl sites for hydroxylation is 1. The summed E-state index contributed by atoms with van der Waals surface area (Å²) in [6.45, 7) is 0. The minimum absolute atomic E-state index is 0.0610. The normalized spacial score (nSPS) is 12.4. The van der Waals surface area contributed by atoms with E-state index in [0.29, 0.717) is 0 Å². The van der Waals surface area contributed by atoms with Gasteiger partial charge >= 0.3 is 0 Å². The van der Waals surface area contributed by atoms with Gasteiger partial charge in [0.2, 0.25) is 0 Å².